The summed E-state index contributed by atoms with van der Waals surface area (Å²) in [4.78, 5) is 0. The minimum atomic E-state index is -5.05. The summed E-state index contributed by atoms with van der Waals surface area (Å²) in [5.74, 6) is -11.8. The smallest absolute Gasteiger partial charge is 0.203 e. The van der Waals surface area contributed by atoms with Gasteiger partial charge in [-0.3, -0.25) is 0 Å². The Hall–Kier alpha value is -2.12. The Labute approximate surface area is 112 Å². The Bertz CT molecular complexity index is 673. The first-order valence-corrected chi connectivity index (χ1v) is 5.26. The lowest BCUT2D eigenvalue weighted by Gasteiger charge is -2.14. The summed E-state index contributed by atoms with van der Waals surface area (Å²) in [6, 6.07) is 4.05. The number of hydrogen-bond acceptors (Lipinski definition) is 0. The molecule has 0 aliphatic carbocycles. The van der Waals surface area contributed by atoms with Gasteiger partial charge < -0.3 is 0 Å². The Kier molecular flexibility index (Phi) is 3.65. The van der Waals surface area contributed by atoms with Crippen molar-refractivity contribution >= 4 is 0 Å². The molecule has 0 saturated carbocycles. The van der Waals surface area contributed by atoms with Crippen LogP contribution >= 0.6 is 0 Å². The molecule has 1 radical (unpaired) electrons. The Morgan fingerprint density at radius 3 is 1.71 bits per heavy atom. The maximum absolute atomic E-state index is 13.5. The van der Waals surface area contributed by atoms with Crippen molar-refractivity contribution in [2.24, 2.45) is 0 Å². The van der Waals surface area contributed by atoms with Crippen LogP contribution in [0, 0.1) is 35.2 Å². The summed E-state index contributed by atoms with van der Waals surface area (Å²) in [7, 11) is 0. The van der Waals surface area contributed by atoms with E-state index in [4.69, 9.17) is 0 Å². The zero-order chi connectivity index (χ0) is 15.9. The predicted octanol–water partition coefficient (Wildman–Crippen LogP) is 4.87. The van der Waals surface area contributed by atoms with Gasteiger partial charge in [0, 0.05) is 5.56 Å². The van der Waals surface area contributed by atoms with Crippen LogP contribution in [0.1, 0.15) is 5.56 Å². The Morgan fingerprint density at radius 1 is 0.762 bits per heavy atom. The summed E-state index contributed by atoms with van der Waals surface area (Å²) in [5.41, 5.74) is -4.48. The molecule has 8 heteroatoms. The third-order valence-corrected chi connectivity index (χ3v) is 2.62. The molecule has 0 N–H and O–H groups in total. The summed E-state index contributed by atoms with van der Waals surface area (Å²) in [6.45, 7) is 0. The van der Waals surface area contributed by atoms with Gasteiger partial charge in [-0.25, -0.2) is 22.0 Å². The number of halogens is 8. The SMILES string of the molecule is Fc1c(F)c(F)c(-c2[c]cccc2C(F)(F)F)c(F)c1F. The fourth-order valence-electron chi connectivity index (χ4n) is 1.70. The van der Waals surface area contributed by atoms with E-state index in [1.165, 1.54) is 0 Å². The standard InChI is InChI=1S/C13H3F8/c14-8-7(9(15)11(17)12(18)10(8)16)5-3-1-2-4-6(5)13(19,20)21/h1-2,4H. The van der Waals surface area contributed by atoms with E-state index in [2.05, 4.69) is 0 Å². The van der Waals surface area contributed by atoms with E-state index in [9.17, 15) is 35.1 Å². The summed E-state index contributed by atoms with van der Waals surface area (Å²) < 4.78 is 104. The topological polar surface area (TPSA) is 0 Å². The van der Waals surface area contributed by atoms with Crippen LogP contribution in [-0.2, 0) is 6.18 Å². The fraction of sp³-hybridized carbons (Fsp3) is 0.0769. The molecular formula is C13H3F8. The lowest BCUT2D eigenvalue weighted by molar-refractivity contribution is -0.137. The van der Waals surface area contributed by atoms with Crippen LogP contribution in [0.15, 0.2) is 18.2 Å². The minimum absolute atomic E-state index is 0.448. The molecule has 0 fully saturated rings. The van der Waals surface area contributed by atoms with E-state index >= 15 is 0 Å². The third-order valence-electron chi connectivity index (χ3n) is 2.62. The second-order valence-electron chi connectivity index (χ2n) is 3.90. The predicted molar refractivity (Wildman–Crippen MR) is 55.5 cm³/mol. The highest BCUT2D eigenvalue weighted by atomic mass is 19.4. The molecule has 0 amide bonds. The molecule has 0 aliphatic rings. The molecule has 0 nitrogen and oxygen atoms in total. The maximum atomic E-state index is 13.5. The van der Waals surface area contributed by atoms with Gasteiger partial charge in [-0.05, 0) is 12.1 Å². The fourth-order valence-corrected chi connectivity index (χ4v) is 1.70. The van der Waals surface area contributed by atoms with Crippen LogP contribution in [0.5, 0.6) is 0 Å². The molecule has 2 aromatic carbocycles. The van der Waals surface area contributed by atoms with E-state index in [1.54, 1.807) is 0 Å². The second-order valence-corrected chi connectivity index (χ2v) is 3.90. The molecule has 0 heterocycles. The van der Waals surface area contributed by atoms with Gasteiger partial charge in [-0.2, -0.15) is 13.2 Å². The van der Waals surface area contributed by atoms with E-state index in [0.717, 1.165) is 12.1 Å². The van der Waals surface area contributed by atoms with Crippen molar-refractivity contribution in [3.63, 3.8) is 0 Å². The van der Waals surface area contributed by atoms with Crippen LogP contribution in [0.3, 0.4) is 0 Å². The highest BCUT2D eigenvalue weighted by Crippen LogP contribution is 2.39. The molecular weight excluding hydrogens is 308 g/mol. The number of hydrogen-bond donors (Lipinski definition) is 0. The molecule has 0 aliphatic heterocycles. The van der Waals surface area contributed by atoms with Crippen molar-refractivity contribution in [1.82, 2.24) is 0 Å². The number of alkyl halides is 3. The highest BCUT2D eigenvalue weighted by Gasteiger charge is 2.36. The zero-order valence-electron chi connectivity index (χ0n) is 9.76. The summed E-state index contributed by atoms with van der Waals surface area (Å²) in [5, 5.41) is 0. The first kappa shape index (κ1) is 15.3. The van der Waals surface area contributed by atoms with Gasteiger partial charge in [0.1, 0.15) is 0 Å². The monoisotopic (exact) mass is 311 g/mol. The van der Waals surface area contributed by atoms with Gasteiger partial charge >= 0.3 is 6.18 Å². The highest BCUT2D eigenvalue weighted by molar-refractivity contribution is 5.69. The molecule has 0 bridgehead atoms. The Morgan fingerprint density at radius 2 is 1.24 bits per heavy atom. The zero-order valence-corrected chi connectivity index (χ0v) is 9.76. The molecule has 0 atom stereocenters. The molecule has 0 aromatic heterocycles. The van der Waals surface area contributed by atoms with Gasteiger partial charge in [0.25, 0.3) is 0 Å². The molecule has 21 heavy (non-hydrogen) atoms. The summed E-state index contributed by atoms with van der Waals surface area (Å²) in [6.07, 6.45) is -5.05. The van der Waals surface area contributed by atoms with Crippen LogP contribution in [0.25, 0.3) is 11.1 Å². The van der Waals surface area contributed by atoms with E-state index in [1.807, 2.05) is 6.07 Å². The second kappa shape index (κ2) is 5.01. The van der Waals surface area contributed by atoms with Crippen LogP contribution in [0.4, 0.5) is 35.1 Å². The summed E-state index contributed by atoms with van der Waals surface area (Å²) >= 11 is 0. The van der Waals surface area contributed by atoms with Gasteiger partial charge in [0.15, 0.2) is 23.3 Å². The van der Waals surface area contributed by atoms with E-state index in [-0.39, 0.29) is 0 Å². The van der Waals surface area contributed by atoms with Crippen molar-refractivity contribution in [2.75, 3.05) is 0 Å². The molecule has 0 spiro atoms. The Balaban J connectivity index is 2.87. The minimum Gasteiger partial charge on any atom is -0.203 e. The third kappa shape index (κ3) is 2.45. The average Bonchev–Trinajstić information content (AvgIpc) is 2.43. The van der Waals surface area contributed by atoms with Gasteiger partial charge in [0.2, 0.25) is 5.82 Å². The lowest BCUT2D eigenvalue weighted by atomic mass is 9.97. The van der Waals surface area contributed by atoms with Crippen LogP contribution in [-0.4, -0.2) is 0 Å². The van der Waals surface area contributed by atoms with Crippen molar-refractivity contribution in [3.8, 4) is 11.1 Å². The van der Waals surface area contributed by atoms with Crippen LogP contribution in [0.2, 0.25) is 0 Å². The molecule has 2 rings (SSSR count). The van der Waals surface area contributed by atoms with Crippen LogP contribution < -0.4 is 0 Å². The van der Waals surface area contributed by atoms with Gasteiger partial charge in [0.05, 0.1) is 11.1 Å². The molecule has 111 valence electrons. The van der Waals surface area contributed by atoms with Gasteiger partial charge in [-0.15, -0.1) is 0 Å². The number of rotatable bonds is 1. The average molecular weight is 311 g/mol. The van der Waals surface area contributed by atoms with Gasteiger partial charge in [-0.1, -0.05) is 12.1 Å². The molecule has 0 saturated heterocycles. The van der Waals surface area contributed by atoms with Crippen molar-refractivity contribution in [1.29, 1.82) is 0 Å². The van der Waals surface area contributed by atoms with Crippen molar-refractivity contribution in [2.45, 2.75) is 6.18 Å². The lowest BCUT2D eigenvalue weighted by Crippen LogP contribution is -2.10. The first-order chi connectivity index (χ1) is 9.66. The normalized spacial score (nSPS) is 11.8. The molecule has 2 aromatic rings. The molecule has 0 unspecified atom stereocenters. The van der Waals surface area contributed by atoms with E-state index < -0.39 is 52.0 Å². The largest absolute Gasteiger partial charge is 0.417 e. The first-order valence-electron chi connectivity index (χ1n) is 5.26. The maximum Gasteiger partial charge on any atom is 0.417 e. The van der Waals surface area contributed by atoms with Crippen molar-refractivity contribution in [3.05, 3.63) is 58.9 Å². The van der Waals surface area contributed by atoms with E-state index in [0.29, 0.717) is 6.07 Å². The quantitative estimate of drug-likeness (QED) is 0.400. The van der Waals surface area contributed by atoms with Crippen molar-refractivity contribution < 1.29 is 35.1 Å². The number of benzene rings is 2.